The molecule has 3 aromatic heterocycles. The van der Waals surface area contributed by atoms with Crippen molar-refractivity contribution >= 4 is 34.5 Å². The number of amides is 1. The Balaban J connectivity index is 1.45. The van der Waals surface area contributed by atoms with Gasteiger partial charge in [0.25, 0.3) is 0 Å². The van der Waals surface area contributed by atoms with Crippen molar-refractivity contribution < 1.29 is 15.0 Å². The Morgan fingerprint density at radius 1 is 1.22 bits per heavy atom. The van der Waals surface area contributed by atoms with Crippen molar-refractivity contribution in [3.8, 4) is 11.4 Å². The fourth-order valence-corrected chi connectivity index (χ4v) is 5.66. The second-order valence-electron chi connectivity index (χ2n) is 9.31. The summed E-state index contributed by atoms with van der Waals surface area (Å²) < 4.78 is 1.75. The van der Waals surface area contributed by atoms with E-state index in [9.17, 15) is 15.0 Å². The Morgan fingerprint density at radius 2 is 2.03 bits per heavy atom. The van der Waals surface area contributed by atoms with Crippen LogP contribution in [-0.4, -0.2) is 59.9 Å². The first-order chi connectivity index (χ1) is 17.4. The number of rotatable bonds is 6. The summed E-state index contributed by atoms with van der Waals surface area (Å²) in [5, 5.41) is 28.2. The number of hydrogen-bond acceptors (Lipinski definition) is 8. The topological polar surface area (TPSA) is 138 Å². The fourth-order valence-electron chi connectivity index (χ4n) is 5.49. The molecule has 2 aliphatic rings. The predicted octanol–water partition coefficient (Wildman–Crippen LogP) is 2.18. The second-order valence-corrected chi connectivity index (χ2v) is 9.74. The minimum atomic E-state index is -1.18. The molecule has 11 heteroatoms. The summed E-state index contributed by atoms with van der Waals surface area (Å²) in [4.78, 5) is 30.8. The molecule has 0 radical (unpaired) electrons. The monoisotopic (exact) mass is 505 g/mol. The third kappa shape index (κ3) is 3.44. The van der Waals surface area contributed by atoms with E-state index in [2.05, 4.69) is 20.6 Å². The highest BCUT2D eigenvalue weighted by atomic mass is 35.5. The van der Waals surface area contributed by atoms with Crippen molar-refractivity contribution in [1.29, 1.82) is 0 Å². The molecule has 0 aliphatic heterocycles. The maximum atomic E-state index is 12.6. The van der Waals surface area contributed by atoms with Crippen LogP contribution >= 0.6 is 11.6 Å². The summed E-state index contributed by atoms with van der Waals surface area (Å²) in [5.41, 5.74) is 1.68. The van der Waals surface area contributed by atoms with E-state index in [0.29, 0.717) is 46.4 Å². The zero-order chi connectivity index (χ0) is 25.0. The number of halogens is 1. The zero-order valence-electron chi connectivity index (χ0n) is 19.3. The van der Waals surface area contributed by atoms with Crippen LogP contribution in [0.5, 0.6) is 0 Å². The van der Waals surface area contributed by atoms with E-state index in [1.807, 2.05) is 30.3 Å². The van der Waals surface area contributed by atoms with E-state index in [0.717, 1.165) is 5.56 Å². The van der Waals surface area contributed by atoms with E-state index in [1.165, 1.54) is 13.2 Å². The Morgan fingerprint density at radius 3 is 2.78 bits per heavy atom. The number of imidazole rings is 1. The molecule has 184 valence electrons. The Bertz CT molecular complexity index is 1460. The van der Waals surface area contributed by atoms with Crippen LogP contribution in [0, 0.1) is 11.3 Å². The second kappa shape index (κ2) is 8.51. The molecule has 10 nitrogen and oxygen atoms in total. The fraction of sp³-hybridized carbons (Fsp3) is 0.320. The number of nitrogens with one attached hydrogen (secondary N) is 2. The molecule has 6 rings (SSSR count). The van der Waals surface area contributed by atoms with Crippen LogP contribution in [0.2, 0.25) is 5.02 Å². The number of carbonyl (C=O) groups is 1. The van der Waals surface area contributed by atoms with Crippen molar-refractivity contribution in [1.82, 2.24) is 29.8 Å². The highest BCUT2D eigenvalue weighted by Gasteiger charge is 2.75. The van der Waals surface area contributed by atoms with E-state index in [4.69, 9.17) is 21.6 Å². The molecule has 5 atom stereocenters. The van der Waals surface area contributed by atoms with Crippen LogP contribution in [0.15, 0.2) is 55.1 Å². The quantitative estimate of drug-likeness (QED) is 0.313. The van der Waals surface area contributed by atoms with Gasteiger partial charge in [-0.15, -0.1) is 0 Å². The van der Waals surface area contributed by atoms with Crippen LogP contribution in [0.3, 0.4) is 0 Å². The predicted molar refractivity (Wildman–Crippen MR) is 133 cm³/mol. The Hall–Kier alpha value is -3.60. The lowest BCUT2D eigenvalue weighted by molar-refractivity contribution is -0.132. The van der Waals surface area contributed by atoms with Crippen molar-refractivity contribution in [2.24, 2.45) is 11.3 Å². The van der Waals surface area contributed by atoms with Gasteiger partial charge in [0, 0.05) is 37.5 Å². The first-order valence-corrected chi connectivity index (χ1v) is 12.0. The number of nitrogens with zero attached hydrogens (tertiary/aromatic N) is 5. The maximum Gasteiger partial charge on any atom is 0.229 e. The number of aliphatic hydroxyl groups excluding tert-OH is 2. The highest BCUT2D eigenvalue weighted by molar-refractivity contribution is 6.30. The number of anilines is 1. The molecule has 4 aromatic rings. The number of benzene rings is 1. The van der Waals surface area contributed by atoms with Crippen LogP contribution < -0.4 is 10.6 Å². The molecule has 1 amide bonds. The molecule has 1 unspecified atom stereocenters. The smallest absolute Gasteiger partial charge is 0.229 e. The number of aliphatic hydroxyl groups is 2. The third-order valence-corrected chi connectivity index (χ3v) is 7.54. The molecule has 0 saturated heterocycles. The molecule has 2 fully saturated rings. The Labute approximate surface area is 211 Å². The van der Waals surface area contributed by atoms with E-state index in [1.54, 1.807) is 23.2 Å². The summed E-state index contributed by atoms with van der Waals surface area (Å²) in [7, 11) is 1.54. The summed E-state index contributed by atoms with van der Waals surface area (Å²) in [6.07, 6.45) is 2.89. The van der Waals surface area contributed by atoms with Crippen molar-refractivity contribution in [3.05, 3.63) is 65.7 Å². The zero-order valence-corrected chi connectivity index (χ0v) is 20.1. The largest absolute Gasteiger partial charge is 0.389 e. The van der Waals surface area contributed by atoms with Crippen LogP contribution in [-0.2, 0) is 11.3 Å². The van der Waals surface area contributed by atoms with Gasteiger partial charge in [0.05, 0.1) is 28.9 Å². The van der Waals surface area contributed by atoms with E-state index >= 15 is 0 Å². The first-order valence-electron chi connectivity index (χ1n) is 11.7. The normalized spacial score (nSPS) is 26.6. The molecular formula is C25H24ClN7O3. The number of hydrogen-bond donors (Lipinski definition) is 4. The van der Waals surface area contributed by atoms with Gasteiger partial charge in [0.2, 0.25) is 5.91 Å². The van der Waals surface area contributed by atoms with Gasteiger partial charge >= 0.3 is 0 Å². The summed E-state index contributed by atoms with van der Waals surface area (Å²) in [6.45, 7) is 0.514. The lowest BCUT2D eigenvalue weighted by Crippen LogP contribution is -2.41. The van der Waals surface area contributed by atoms with Crippen molar-refractivity contribution in [2.45, 2.75) is 31.2 Å². The van der Waals surface area contributed by atoms with Crippen LogP contribution in [0.4, 0.5) is 5.82 Å². The van der Waals surface area contributed by atoms with Gasteiger partial charge in [-0.2, -0.15) is 0 Å². The maximum absolute atomic E-state index is 12.6. The van der Waals surface area contributed by atoms with Crippen LogP contribution in [0.25, 0.3) is 22.6 Å². The average molecular weight is 506 g/mol. The first kappa shape index (κ1) is 22.8. The van der Waals surface area contributed by atoms with E-state index < -0.39 is 23.7 Å². The summed E-state index contributed by atoms with van der Waals surface area (Å²) in [6, 6.07) is 11.1. The molecule has 4 N–H and O–H groups in total. The van der Waals surface area contributed by atoms with Gasteiger partial charge < -0.3 is 25.4 Å². The highest BCUT2D eigenvalue weighted by Crippen LogP contribution is 2.67. The number of aromatic nitrogens is 5. The molecule has 3 heterocycles. The van der Waals surface area contributed by atoms with Crippen molar-refractivity contribution in [2.75, 3.05) is 12.4 Å². The minimum Gasteiger partial charge on any atom is -0.389 e. The van der Waals surface area contributed by atoms with Gasteiger partial charge in [-0.3, -0.25) is 9.78 Å². The van der Waals surface area contributed by atoms with E-state index in [-0.39, 0.29) is 11.8 Å². The van der Waals surface area contributed by atoms with Crippen molar-refractivity contribution in [3.63, 3.8) is 0 Å². The van der Waals surface area contributed by atoms with Gasteiger partial charge in [-0.25, -0.2) is 15.0 Å². The van der Waals surface area contributed by atoms with Gasteiger partial charge in [-0.05, 0) is 18.1 Å². The molecule has 36 heavy (non-hydrogen) atoms. The lowest BCUT2D eigenvalue weighted by Gasteiger charge is -2.23. The number of carbonyl (C=O) groups excluding carboxylic acids is 1. The van der Waals surface area contributed by atoms with Crippen LogP contribution in [0.1, 0.15) is 18.0 Å². The molecular weight excluding hydrogens is 482 g/mol. The molecule has 2 saturated carbocycles. The number of fused-ring (bicyclic) bond motifs is 2. The average Bonchev–Trinajstić information content (AvgIpc) is 3.43. The third-order valence-electron chi connectivity index (χ3n) is 7.33. The standard InChI is InChI=1S/C25H24ClN7O3/c1-27-24(36)25-8-16(25)18(19(34)20(25)35)33-12-30-17-22(29-9-13-5-3-2-4-6-13)31-21(32-23(17)33)14-7-15(26)11-28-10-14/h2-7,10-12,16,18-20,34-35H,8-9H2,1H3,(H,27,36)(H,29,31,32)/t16-,18?,19+,20+,25+/m1/s1. The minimum absolute atomic E-state index is 0.244. The Kier molecular flexibility index (Phi) is 5.40. The van der Waals surface area contributed by atoms with Gasteiger partial charge in [0.15, 0.2) is 17.3 Å². The summed E-state index contributed by atoms with van der Waals surface area (Å²) >= 11 is 6.18. The molecule has 1 aromatic carbocycles. The molecule has 2 aliphatic carbocycles. The molecule has 0 spiro atoms. The number of pyridine rings is 1. The van der Waals surface area contributed by atoms with Gasteiger partial charge in [-0.1, -0.05) is 41.9 Å². The molecule has 0 bridgehead atoms. The lowest BCUT2D eigenvalue weighted by atomic mass is 9.98. The SMILES string of the molecule is CNC(=O)[C@@]12C[C@@H]1C(n1cnc3c(NCc4ccccc4)nc(-c4cncc(Cl)c4)nc31)[C@H](O)[C@@H]2O. The van der Waals surface area contributed by atoms with Gasteiger partial charge in [0.1, 0.15) is 11.6 Å². The summed E-state index contributed by atoms with van der Waals surface area (Å²) in [5.74, 6) is 0.388.